The molecule has 0 N–H and O–H groups in total. The maximum Gasteiger partial charge on any atom is 0.223 e. The van der Waals surface area contributed by atoms with Gasteiger partial charge in [0, 0.05) is 24.7 Å². The van der Waals surface area contributed by atoms with Gasteiger partial charge >= 0.3 is 0 Å². The fraction of sp³-hybridized carbons (Fsp3) is 0.588. The Labute approximate surface area is 125 Å². The molecular weight excluding hydrogens is 264 g/mol. The van der Waals surface area contributed by atoms with Crippen molar-refractivity contribution < 1.29 is 9.53 Å². The van der Waals surface area contributed by atoms with Crippen LogP contribution in [-0.4, -0.2) is 48.7 Å². The summed E-state index contributed by atoms with van der Waals surface area (Å²) in [5.74, 6) is 0.151. The first-order valence-corrected chi connectivity index (χ1v) is 7.90. The zero-order chi connectivity index (χ0) is 14.4. The third-order valence-electron chi connectivity index (χ3n) is 5.35. The van der Waals surface area contributed by atoms with Crippen LogP contribution in [0.5, 0.6) is 0 Å². The van der Waals surface area contributed by atoms with Crippen LogP contribution in [0.1, 0.15) is 25.3 Å². The van der Waals surface area contributed by atoms with E-state index in [9.17, 15) is 4.79 Å². The van der Waals surface area contributed by atoms with Gasteiger partial charge in [0.15, 0.2) is 0 Å². The second kappa shape index (κ2) is 4.82. The number of carbonyl (C=O) groups excluding carboxylic acids is 1. The van der Waals surface area contributed by atoms with E-state index in [0.717, 1.165) is 38.4 Å². The Balaban J connectivity index is 1.73. The van der Waals surface area contributed by atoms with Crippen LogP contribution >= 0.6 is 0 Å². The smallest absolute Gasteiger partial charge is 0.223 e. The van der Waals surface area contributed by atoms with E-state index in [0.29, 0.717) is 6.04 Å². The number of fused-ring (bicyclic) bond motifs is 1. The van der Waals surface area contributed by atoms with E-state index in [1.54, 1.807) is 6.92 Å². The lowest BCUT2D eigenvalue weighted by molar-refractivity contribution is -0.118. The van der Waals surface area contributed by atoms with Crippen LogP contribution < -0.4 is 4.90 Å². The van der Waals surface area contributed by atoms with Crippen molar-refractivity contribution in [3.63, 3.8) is 0 Å². The maximum atomic E-state index is 12.1. The Bertz CT molecular complexity index is 570. The topological polar surface area (TPSA) is 32.8 Å². The number of anilines is 1. The first kappa shape index (κ1) is 13.3. The van der Waals surface area contributed by atoms with Crippen molar-refractivity contribution in [1.29, 1.82) is 0 Å². The minimum absolute atomic E-state index is 0.120. The first-order chi connectivity index (χ1) is 10.2. The number of carbonyl (C=O) groups is 1. The lowest BCUT2D eigenvalue weighted by atomic mass is 9.82. The number of benzene rings is 1. The average molecular weight is 286 g/mol. The van der Waals surface area contributed by atoms with Crippen LogP contribution in [-0.2, 0) is 16.0 Å². The van der Waals surface area contributed by atoms with E-state index in [1.807, 2.05) is 11.0 Å². The van der Waals surface area contributed by atoms with Crippen LogP contribution in [0.4, 0.5) is 5.69 Å². The number of ether oxygens (including phenoxy) is 1. The fourth-order valence-corrected chi connectivity index (χ4v) is 4.29. The summed E-state index contributed by atoms with van der Waals surface area (Å²) in [7, 11) is 0. The summed E-state index contributed by atoms with van der Waals surface area (Å²) in [6.07, 6.45) is 3.47. The molecule has 21 heavy (non-hydrogen) atoms. The lowest BCUT2D eigenvalue weighted by Crippen LogP contribution is -2.63. The van der Waals surface area contributed by atoms with Gasteiger partial charge in [-0.15, -0.1) is 0 Å². The Morgan fingerprint density at radius 1 is 1.33 bits per heavy atom. The molecule has 1 unspecified atom stereocenters. The molecule has 4 rings (SSSR count). The molecule has 0 aliphatic carbocycles. The molecule has 112 valence electrons. The van der Waals surface area contributed by atoms with Crippen molar-refractivity contribution in [1.82, 2.24) is 4.90 Å². The molecule has 1 amide bonds. The Morgan fingerprint density at radius 3 is 2.86 bits per heavy atom. The van der Waals surface area contributed by atoms with Crippen LogP contribution in [0.15, 0.2) is 24.3 Å². The summed E-state index contributed by atoms with van der Waals surface area (Å²) in [5.41, 5.74) is 2.53. The Hall–Kier alpha value is -1.39. The molecule has 0 aromatic heterocycles. The van der Waals surface area contributed by atoms with Gasteiger partial charge in [0.25, 0.3) is 0 Å². The minimum Gasteiger partial charge on any atom is -0.378 e. The highest BCUT2D eigenvalue weighted by molar-refractivity contribution is 5.93. The maximum absolute atomic E-state index is 12.1. The van der Waals surface area contributed by atoms with Gasteiger partial charge in [0.1, 0.15) is 0 Å². The van der Waals surface area contributed by atoms with Gasteiger partial charge in [-0.05, 0) is 37.4 Å². The van der Waals surface area contributed by atoms with Gasteiger partial charge in [0.05, 0.1) is 19.3 Å². The highest BCUT2D eigenvalue weighted by Crippen LogP contribution is 2.42. The quantitative estimate of drug-likeness (QED) is 0.789. The predicted molar refractivity (Wildman–Crippen MR) is 81.5 cm³/mol. The molecule has 4 heteroatoms. The van der Waals surface area contributed by atoms with Crippen molar-refractivity contribution in [2.45, 2.75) is 37.8 Å². The Kier molecular flexibility index (Phi) is 3.05. The molecular formula is C17H22N2O2. The molecule has 3 aliphatic rings. The molecule has 1 atom stereocenters. The van der Waals surface area contributed by atoms with Gasteiger partial charge in [-0.1, -0.05) is 18.2 Å². The van der Waals surface area contributed by atoms with E-state index >= 15 is 0 Å². The van der Waals surface area contributed by atoms with Crippen LogP contribution in [0, 0.1) is 0 Å². The number of likely N-dealkylation sites (tertiary alicyclic amines) is 1. The summed E-state index contributed by atoms with van der Waals surface area (Å²) < 4.78 is 5.40. The number of nitrogens with zero attached hydrogens (tertiary/aromatic N) is 2. The molecule has 2 saturated heterocycles. The SMILES string of the molecule is CC(=O)N1CC2(CCCN2C2COC2)Cc2ccccc21. The van der Waals surface area contributed by atoms with Gasteiger partial charge < -0.3 is 9.64 Å². The van der Waals surface area contributed by atoms with Gasteiger partial charge in [-0.2, -0.15) is 0 Å². The normalized spacial score (nSPS) is 29.5. The van der Waals surface area contributed by atoms with Crippen molar-refractivity contribution in [3.05, 3.63) is 29.8 Å². The molecule has 4 nitrogen and oxygen atoms in total. The summed E-state index contributed by atoms with van der Waals surface area (Å²) >= 11 is 0. The van der Waals surface area contributed by atoms with Crippen LogP contribution in [0.3, 0.4) is 0 Å². The monoisotopic (exact) mass is 286 g/mol. The lowest BCUT2D eigenvalue weighted by Gasteiger charge is -2.50. The molecule has 0 radical (unpaired) electrons. The molecule has 0 bridgehead atoms. The van der Waals surface area contributed by atoms with Gasteiger partial charge in [0.2, 0.25) is 5.91 Å². The first-order valence-electron chi connectivity index (χ1n) is 7.90. The molecule has 3 heterocycles. The van der Waals surface area contributed by atoms with E-state index in [2.05, 4.69) is 23.1 Å². The second-order valence-electron chi connectivity index (χ2n) is 6.62. The van der Waals surface area contributed by atoms with E-state index < -0.39 is 0 Å². The van der Waals surface area contributed by atoms with Gasteiger partial charge in [-0.25, -0.2) is 0 Å². The van der Waals surface area contributed by atoms with E-state index in [1.165, 1.54) is 18.4 Å². The molecule has 2 fully saturated rings. The molecule has 0 saturated carbocycles. The second-order valence-corrected chi connectivity index (χ2v) is 6.62. The van der Waals surface area contributed by atoms with E-state index in [4.69, 9.17) is 4.74 Å². The van der Waals surface area contributed by atoms with Crippen molar-refractivity contribution >= 4 is 11.6 Å². The van der Waals surface area contributed by atoms with Gasteiger partial charge in [-0.3, -0.25) is 9.69 Å². The van der Waals surface area contributed by atoms with Crippen molar-refractivity contribution in [2.24, 2.45) is 0 Å². The number of para-hydroxylation sites is 1. The highest BCUT2D eigenvalue weighted by atomic mass is 16.5. The van der Waals surface area contributed by atoms with Crippen LogP contribution in [0.25, 0.3) is 0 Å². The minimum atomic E-state index is 0.120. The largest absolute Gasteiger partial charge is 0.378 e. The molecule has 1 spiro atoms. The zero-order valence-electron chi connectivity index (χ0n) is 12.5. The third kappa shape index (κ3) is 2.00. The Morgan fingerprint density at radius 2 is 2.14 bits per heavy atom. The number of hydrogen-bond donors (Lipinski definition) is 0. The van der Waals surface area contributed by atoms with E-state index in [-0.39, 0.29) is 11.4 Å². The average Bonchev–Trinajstić information content (AvgIpc) is 2.79. The van der Waals surface area contributed by atoms with Crippen LogP contribution in [0.2, 0.25) is 0 Å². The summed E-state index contributed by atoms with van der Waals surface area (Å²) in [4.78, 5) is 16.8. The molecule has 1 aromatic carbocycles. The highest BCUT2D eigenvalue weighted by Gasteiger charge is 2.49. The number of amides is 1. The third-order valence-corrected chi connectivity index (χ3v) is 5.35. The standard InChI is InChI=1S/C17H22N2O2/c1-13(20)18-12-17(9-14-5-2-3-6-16(14)18)7-4-8-19(17)15-10-21-11-15/h2-3,5-6,15H,4,7-12H2,1H3. The zero-order valence-corrected chi connectivity index (χ0v) is 12.5. The summed E-state index contributed by atoms with van der Waals surface area (Å²) in [6, 6.07) is 8.92. The number of rotatable bonds is 1. The summed E-state index contributed by atoms with van der Waals surface area (Å²) in [5, 5.41) is 0. The fourth-order valence-electron chi connectivity index (χ4n) is 4.29. The summed E-state index contributed by atoms with van der Waals surface area (Å²) in [6.45, 7) is 5.35. The number of hydrogen-bond acceptors (Lipinski definition) is 3. The van der Waals surface area contributed by atoms with Crippen molar-refractivity contribution in [2.75, 3.05) is 31.2 Å². The predicted octanol–water partition coefficient (Wildman–Crippen LogP) is 1.83. The van der Waals surface area contributed by atoms with Crippen molar-refractivity contribution in [3.8, 4) is 0 Å². The molecule has 1 aromatic rings. The molecule has 3 aliphatic heterocycles.